The molecule has 1 aliphatic heterocycles. The Hall–Kier alpha value is -4.21. The normalized spacial score (nSPS) is 13.8. The van der Waals surface area contributed by atoms with Gasteiger partial charge in [-0.2, -0.15) is 4.68 Å². The number of rotatable bonds is 6. The molecule has 174 valence electrons. The number of hydrogen-bond donors (Lipinski definition) is 0. The van der Waals surface area contributed by atoms with E-state index in [9.17, 15) is 4.79 Å². The highest BCUT2D eigenvalue weighted by Gasteiger charge is 2.25. The Balaban J connectivity index is 1.27. The molecule has 1 fully saturated rings. The van der Waals surface area contributed by atoms with Gasteiger partial charge < -0.3 is 19.3 Å². The molecule has 5 rings (SSSR count). The van der Waals surface area contributed by atoms with E-state index < -0.39 is 0 Å². The zero-order valence-electron chi connectivity index (χ0n) is 19.1. The number of ether oxygens (including phenoxy) is 2. The number of fused-ring (bicyclic) bond motifs is 1. The molecule has 0 aliphatic carbocycles. The average Bonchev–Trinajstić information content (AvgIpc) is 3.33. The topological polar surface area (TPSA) is 98.5 Å². The molecular weight excluding hydrogens is 434 g/mol. The Morgan fingerprint density at radius 3 is 2.44 bits per heavy atom. The molecule has 1 aliphatic rings. The van der Waals surface area contributed by atoms with Gasteiger partial charge in [0, 0.05) is 26.2 Å². The summed E-state index contributed by atoms with van der Waals surface area (Å²) in [7, 11) is 3.18. The maximum atomic E-state index is 12.9. The molecular formula is C24H25N7O3. The first-order chi connectivity index (χ1) is 16.7. The number of hydrogen-bond acceptors (Lipinski definition) is 8. The number of carbonyl (C=O) groups is 1. The van der Waals surface area contributed by atoms with E-state index in [1.54, 1.807) is 18.9 Å². The summed E-state index contributed by atoms with van der Waals surface area (Å²) in [6.45, 7) is 2.51. The molecule has 10 heteroatoms. The van der Waals surface area contributed by atoms with Gasteiger partial charge >= 0.3 is 0 Å². The number of aromatic nitrogens is 5. The van der Waals surface area contributed by atoms with Gasteiger partial charge in [-0.25, -0.2) is 9.97 Å². The zero-order chi connectivity index (χ0) is 23.5. The second-order valence-electron chi connectivity index (χ2n) is 7.94. The van der Waals surface area contributed by atoms with Gasteiger partial charge in [0.05, 0.1) is 26.3 Å². The average molecular weight is 460 g/mol. The van der Waals surface area contributed by atoms with Gasteiger partial charge in [-0.05, 0) is 29.8 Å². The number of piperazine rings is 1. The Kier molecular flexibility index (Phi) is 5.94. The van der Waals surface area contributed by atoms with Gasteiger partial charge in [0.25, 0.3) is 0 Å². The molecule has 0 bridgehead atoms. The van der Waals surface area contributed by atoms with Crippen molar-refractivity contribution in [3.05, 3.63) is 60.4 Å². The first kappa shape index (κ1) is 21.6. The Bertz CT molecular complexity index is 1300. The van der Waals surface area contributed by atoms with Crippen molar-refractivity contribution in [2.45, 2.75) is 6.42 Å². The molecule has 1 saturated heterocycles. The van der Waals surface area contributed by atoms with Gasteiger partial charge in [-0.3, -0.25) is 4.79 Å². The van der Waals surface area contributed by atoms with E-state index in [-0.39, 0.29) is 5.91 Å². The van der Waals surface area contributed by atoms with E-state index in [0.29, 0.717) is 55.3 Å². The van der Waals surface area contributed by atoms with Crippen LogP contribution in [-0.4, -0.2) is 76.2 Å². The van der Waals surface area contributed by atoms with Crippen LogP contribution < -0.4 is 14.4 Å². The summed E-state index contributed by atoms with van der Waals surface area (Å²) < 4.78 is 12.3. The third-order valence-corrected chi connectivity index (χ3v) is 5.95. The van der Waals surface area contributed by atoms with Gasteiger partial charge in [0.15, 0.2) is 28.5 Å². The van der Waals surface area contributed by atoms with E-state index >= 15 is 0 Å². The second-order valence-corrected chi connectivity index (χ2v) is 7.94. The summed E-state index contributed by atoms with van der Waals surface area (Å²) in [5.74, 6) is 2.08. The van der Waals surface area contributed by atoms with Crippen LogP contribution in [0, 0.1) is 0 Å². The molecule has 10 nitrogen and oxygen atoms in total. The van der Waals surface area contributed by atoms with Crippen molar-refractivity contribution in [1.82, 2.24) is 29.9 Å². The molecule has 0 spiro atoms. The smallest absolute Gasteiger partial charge is 0.227 e. The van der Waals surface area contributed by atoms with Gasteiger partial charge in [-0.1, -0.05) is 29.5 Å². The highest BCUT2D eigenvalue weighted by molar-refractivity contribution is 5.84. The predicted molar refractivity (Wildman–Crippen MR) is 126 cm³/mol. The largest absolute Gasteiger partial charge is 0.493 e. The monoisotopic (exact) mass is 459 g/mol. The molecule has 0 atom stereocenters. The van der Waals surface area contributed by atoms with Crippen LogP contribution in [0.2, 0.25) is 0 Å². The van der Waals surface area contributed by atoms with Crippen LogP contribution in [-0.2, 0) is 11.2 Å². The lowest BCUT2D eigenvalue weighted by molar-refractivity contribution is -0.130. The molecule has 3 heterocycles. The molecule has 0 radical (unpaired) electrons. The minimum Gasteiger partial charge on any atom is -0.493 e. The van der Waals surface area contributed by atoms with Crippen molar-refractivity contribution in [1.29, 1.82) is 0 Å². The fraction of sp³-hybridized carbons (Fsp3) is 0.292. The van der Waals surface area contributed by atoms with Crippen LogP contribution in [0.1, 0.15) is 5.56 Å². The van der Waals surface area contributed by atoms with E-state index in [1.165, 1.54) is 6.33 Å². The van der Waals surface area contributed by atoms with Crippen LogP contribution in [0.3, 0.4) is 0 Å². The van der Waals surface area contributed by atoms with Crippen LogP contribution in [0.15, 0.2) is 54.9 Å². The summed E-state index contributed by atoms with van der Waals surface area (Å²) in [4.78, 5) is 25.8. The molecule has 0 saturated carbocycles. The lowest BCUT2D eigenvalue weighted by Gasteiger charge is -2.35. The second kappa shape index (κ2) is 9.34. The number of benzene rings is 2. The van der Waals surface area contributed by atoms with E-state index in [1.807, 2.05) is 53.4 Å². The van der Waals surface area contributed by atoms with Crippen LogP contribution in [0.25, 0.3) is 16.9 Å². The Morgan fingerprint density at radius 1 is 0.941 bits per heavy atom. The quantitative estimate of drug-likeness (QED) is 0.432. The number of amides is 1. The fourth-order valence-electron chi connectivity index (χ4n) is 4.16. The van der Waals surface area contributed by atoms with E-state index in [0.717, 1.165) is 17.1 Å². The summed E-state index contributed by atoms with van der Waals surface area (Å²) >= 11 is 0. The Morgan fingerprint density at radius 2 is 1.71 bits per heavy atom. The molecule has 34 heavy (non-hydrogen) atoms. The number of anilines is 1. The fourth-order valence-corrected chi connectivity index (χ4v) is 4.16. The number of methoxy groups -OCH3 is 2. The first-order valence-corrected chi connectivity index (χ1v) is 11.0. The van der Waals surface area contributed by atoms with Crippen LogP contribution in [0.5, 0.6) is 11.5 Å². The maximum Gasteiger partial charge on any atom is 0.227 e. The van der Waals surface area contributed by atoms with Crippen molar-refractivity contribution in [3.8, 4) is 17.2 Å². The SMILES string of the molecule is COc1ccc(CC(=O)N2CCN(c3ncnc4c3nnn4-c3ccccc3)CC2)cc1OC. The molecule has 2 aromatic heterocycles. The molecule has 4 aromatic rings. The van der Waals surface area contributed by atoms with Crippen LogP contribution in [0.4, 0.5) is 5.82 Å². The Labute approximate surface area is 196 Å². The molecule has 0 unspecified atom stereocenters. The standard InChI is InChI=1S/C24H25N7O3/c1-33-19-9-8-17(14-20(19)34-2)15-21(32)29-10-12-30(13-11-29)23-22-24(26-16-25-23)31(28-27-22)18-6-4-3-5-7-18/h3-9,14,16H,10-13,15H2,1-2H3. The van der Waals surface area contributed by atoms with Crippen molar-refractivity contribution in [2.75, 3.05) is 45.3 Å². The van der Waals surface area contributed by atoms with Crippen molar-refractivity contribution < 1.29 is 14.3 Å². The van der Waals surface area contributed by atoms with Gasteiger partial charge in [-0.15, -0.1) is 5.10 Å². The minimum absolute atomic E-state index is 0.0785. The third-order valence-electron chi connectivity index (χ3n) is 5.95. The summed E-state index contributed by atoms with van der Waals surface area (Å²) in [5.41, 5.74) is 3.08. The summed E-state index contributed by atoms with van der Waals surface area (Å²) in [6.07, 6.45) is 1.85. The number of carbonyl (C=O) groups excluding carboxylic acids is 1. The van der Waals surface area contributed by atoms with Crippen molar-refractivity contribution in [2.24, 2.45) is 0 Å². The van der Waals surface area contributed by atoms with Crippen molar-refractivity contribution in [3.63, 3.8) is 0 Å². The first-order valence-electron chi connectivity index (χ1n) is 11.0. The number of para-hydroxylation sites is 1. The molecule has 1 amide bonds. The molecule has 0 N–H and O–H groups in total. The van der Waals surface area contributed by atoms with E-state index in [4.69, 9.17) is 9.47 Å². The lowest BCUT2D eigenvalue weighted by atomic mass is 10.1. The van der Waals surface area contributed by atoms with Crippen LogP contribution >= 0.6 is 0 Å². The highest BCUT2D eigenvalue weighted by atomic mass is 16.5. The van der Waals surface area contributed by atoms with Gasteiger partial charge in [0.2, 0.25) is 5.91 Å². The molecule has 2 aromatic carbocycles. The third kappa shape index (κ3) is 4.09. The predicted octanol–water partition coefficient (Wildman–Crippen LogP) is 2.12. The highest BCUT2D eigenvalue weighted by Crippen LogP contribution is 2.28. The van der Waals surface area contributed by atoms with Gasteiger partial charge in [0.1, 0.15) is 6.33 Å². The summed E-state index contributed by atoms with van der Waals surface area (Å²) in [5, 5.41) is 8.65. The zero-order valence-corrected chi connectivity index (χ0v) is 19.1. The number of nitrogens with zero attached hydrogens (tertiary/aromatic N) is 7. The minimum atomic E-state index is 0.0785. The maximum absolute atomic E-state index is 12.9. The lowest BCUT2D eigenvalue weighted by Crippen LogP contribution is -2.49. The summed E-state index contributed by atoms with van der Waals surface area (Å²) in [6, 6.07) is 15.3. The van der Waals surface area contributed by atoms with E-state index in [2.05, 4.69) is 25.2 Å². The van der Waals surface area contributed by atoms with Crippen molar-refractivity contribution >= 4 is 22.9 Å².